The second-order valence-corrected chi connectivity index (χ2v) is 6.66. The topological polar surface area (TPSA) is 53.5 Å². The fourth-order valence-electron chi connectivity index (χ4n) is 3.28. The SMILES string of the molecule is CCc1nc(-c2ccc(OC)cc2OC)c(CC)nc1-c1cccc(OC(F)(F)F)c1. The van der Waals surface area contributed by atoms with Gasteiger partial charge in [0.15, 0.2) is 0 Å². The van der Waals surface area contributed by atoms with Crippen LogP contribution in [-0.2, 0) is 12.8 Å². The highest BCUT2D eigenvalue weighted by Gasteiger charge is 2.31. The van der Waals surface area contributed by atoms with Gasteiger partial charge in [-0.05, 0) is 37.1 Å². The molecule has 8 heteroatoms. The van der Waals surface area contributed by atoms with Crippen LogP contribution in [0.15, 0.2) is 42.5 Å². The van der Waals surface area contributed by atoms with Gasteiger partial charge in [0.05, 0.1) is 37.0 Å². The van der Waals surface area contributed by atoms with E-state index in [0.29, 0.717) is 52.7 Å². The molecule has 31 heavy (non-hydrogen) atoms. The number of hydrogen-bond donors (Lipinski definition) is 0. The summed E-state index contributed by atoms with van der Waals surface area (Å²) in [6.45, 7) is 3.87. The van der Waals surface area contributed by atoms with Crippen molar-refractivity contribution < 1.29 is 27.4 Å². The van der Waals surface area contributed by atoms with Crippen LogP contribution in [0, 0.1) is 0 Å². The third-order valence-electron chi connectivity index (χ3n) is 4.71. The van der Waals surface area contributed by atoms with E-state index in [1.54, 1.807) is 26.4 Å². The van der Waals surface area contributed by atoms with E-state index in [9.17, 15) is 13.2 Å². The lowest BCUT2D eigenvalue weighted by Gasteiger charge is -2.16. The van der Waals surface area contributed by atoms with Crippen LogP contribution in [0.25, 0.3) is 22.5 Å². The summed E-state index contributed by atoms with van der Waals surface area (Å²) >= 11 is 0. The van der Waals surface area contributed by atoms with Gasteiger partial charge in [-0.3, -0.25) is 0 Å². The Hall–Kier alpha value is -3.29. The molecule has 0 bridgehead atoms. The van der Waals surface area contributed by atoms with Crippen molar-refractivity contribution in [3.63, 3.8) is 0 Å². The van der Waals surface area contributed by atoms with Crippen molar-refractivity contribution in [2.24, 2.45) is 0 Å². The number of benzene rings is 2. The molecule has 0 N–H and O–H groups in total. The first kappa shape index (κ1) is 22.4. The fraction of sp³-hybridized carbons (Fsp3) is 0.304. The van der Waals surface area contributed by atoms with E-state index in [4.69, 9.17) is 19.4 Å². The van der Waals surface area contributed by atoms with Gasteiger partial charge in [-0.15, -0.1) is 13.2 Å². The zero-order valence-corrected chi connectivity index (χ0v) is 17.7. The van der Waals surface area contributed by atoms with Crippen molar-refractivity contribution in [3.8, 4) is 39.8 Å². The molecule has 0 aliphatic rings. The van der Waals surface area contributed by atoms with Crippen LogP contribution < -0.4 is 14.2 Å². The molecule has 5 nitrogen and oxygen atoms in total. The Morgan fingerprint density at radius 1 is 0.806 bits per heavy atom. The molecule has 3 aromatic rings. The quantitative estimate of drug-likeness (QED) is 0.469. The van der Waals surface area contributed by atoms with E-state index < -0.39 is 6.36 Å². The highest BCUT2D eigenvalue weighted by Crippen LogP contribution is 2.36. The lowest BCUT2D eigenvalue weighted by atomic mass is 10.0. The zero-order chi connectivity index (χ0) is 22.6. The first-order valence-electron chi connectivity index (χ1n) is 9.78. The lowest BCUT2D eigenvalue weighted by Crippen LogP contribution is -2.17. The summed E-state index contributed by atoms with van der Waals surface area (Å²) in [4.78, 5) is 9.61. The second-order valence-electron chi connectivity index (χ2n) is 6.66. The predicted octanol–water partition coefficient (Wildman–Crippen LogP) is 5.85. The molecule has 0 aliphatic heterocycles. The van der Waals surface area contributed by atoms with Gasteiger partial charge in [-0.2, -0.15) is 0 Å². The van der Waals surface area contributed by atoms with Crippen LogP contribution in [0.5, 0.6) is 17.2 Å². The molecule has 3 rings (SSSR count). The van der Waals surface area contributed by atoms with Gasteiger partial charge in [0, 0.05) is 17.2 Å². The number of methoxy groups -OCH3 is 2. The first-order valence-corrected chi connectivity index (χ1v) is 9.78. The third kappa shape index (κ3) is 5.07. The fourth-order valence-corrected chi connectivity index (χ4v) is 3.28. The molecule has 0 spiro atoms. The van der Waals surface area contributed by atoms with Crippen molar-refractivity contribution >= 4 is 0 Å². The van der Waals surface area contributed by atoms with Crippen molar-refractivity contribution in [3.05, 3.63) is 53.9 Å². The van der Waals surface area contributed by atoms with Crippen molar-refractivity contribution in [1.82, 2.24) is 9.97 Å². The molecule has 0 saturated heterocycles. The standard InChI is InChI=1S/C23H23F3N2O3/c1-5-18-21(14-8-7-9-16(12-14)31-23(24,25)26)27-19(6-2)22(28-18)17-11-10-15(29-3)13-20(17)30-4/h7-13H,5-6H2,1-4H3. The number of hydrogen-bond acceptors (Lipinski definition) is 5. The molecule has 0 fully saturated rings. The molecule has 0 unspecified atom stereocenters. The van der Waals surface area contributed by atoms with E-state index in [1.807, 2.05) is 26.0 Å². The van der Waals surface area contributed by atoms with Crippen LogP contribution >= 0.6 is 0 Å². The number of alkyl halides is 3. The Kier molecular flexibility index (Phi) is 6.68. The van der Waals surface area contributed by atoms with Crippen molar-refractivity contribution in [2.45, 2.75) is 33.1 Å². The maximum atomic E-state index is 12.6. The van der Waals surface area contributed by atoms with Gasteiger partial charge >= 0.3 is 6.36 Å². The average Bonchev–Trinajstić information content (AvgIpc) is 2.76. The molecule has 0 radical (unpaired) electrons. The van der Waals surface area contributed by atoms with E-state index in [2.05, 4.69) is 4.74 Å². The Labute approximate surface area is 178 Å². The zero-order valence-electron chi connectivity index (χ0n) is 17.7. The van der Waals surface area contributed by atoms with Gasteiger partial charge < -0.3 is 14.2 Å². The first-order chi connectivity index (χ1) is 14.8. The van der Waals surface area contributed by atoms with Gasteiger partial charge in [0.25, 0.3) is 0 Å². The molecule has 0 saturated carbocycles. The maximum Gasteiger partial charge on any atom is 0.573 e. The minimum Gasteiger partial charge on any atom is -0.497 e. The predicted molar refractivity (Wildman–Crippen MR) is 111 cm³/mol. The Morgan fingerprint density at radius 3 is 2.10 bits per heavy atom. The third-order valence-corrected chi connectivity index (χ3v) is 4.71. The highest BCUT2D eigenvalue weighted by atomic mass is 19.4. The normalized spacial score (nSPS) is 11.3. The van der Waals surface area contributed by atoms with E-state index in [1.165, 1.54) is 18.2 Å². The summed E-state index contributed by atoms with van der Waals surface area (Å²) in [5.41, 5.74) is 3.85. The van der Waals surface area contributed by atoms with E-state index in [0.717, 1.165) is 5.56 Å². The van der Waals surface area contributed by atoms with Crippen molar-refractivity contribution in [1.29, 1.82) is 0 Å². The average molecular weight is 432 g/mol. The number of rotatable bonds is 7. The van der Waals surface area contributed by atoms with Crippen LogP contribution in [0.3, 0.4) is 0 Å². The summed E-state index contributed by atoms with van der Waals surface area (Å²) in [6, 6.07) is 11.2. The van der Waals surface area contributed by atoms with Crippen molar-refractivity contribution in [2.75, 3.05) is 14.2 Å². The summed E-state index contributed by atoms with van der Waals surface area (Å²) in [6.07, 6.45) is -3.64. The Bertz CT molecular complexity index is 1070. The summed E-state index contributed by atoms with van der Waals surface area (Å²) in [5, 5.41) is 0. The van der Waals surface area contributed by atoms with Gasteiger partial charge in [0.1, 0.15) is 17.2 Å². The largest absolute Gasteiger partial charge is 0.573 e. The molecule has 0 aliphatic carbocycles. The molecule has 0 amide bonds. The molecular weight excluding hydrogens is 409 g/mol. The van der Waals surface area contributed by atoms with Gasteiger partial charge in [-0.1, -0.05) is 26.0 Å². The second kappa shape index (κ2) is 9.24. The highest BCUT2D eigenvalue weighted by molar-refractivity contribution is 5.73. The summed E-state index contributed by atoms with van der Waals surface area (Å²) < 4.78 is 52.8. The summed E-state index contributed by atoms with van der Waals surface area (Å²) in [7, 11) is 3.14. The lowest BCUT2D eigenvalue weighted by molar-refractivity contribution is -0.274. The number of halogens is 3. The molecule has 164 valence electrons. The smallest absolute Gasteiger partial charge is 0.497 e. The Balaban J connectivity index is 2.14. The number of aryl methyl sites for hydroxylation is 2. The Morgan fingerprint density at radius 2 is 1.48 bits per heavy atom. The van der Waals surface area contributed by atoms with E-state index >= 15 is 0 Å². The maximum absolute atomic E-state index is 12.6. The number of ether oxygens (including phenoxy) is 3. The van der Waals surface area contributed by atoms with Gasteiger partial charge in [0.2, 0.25) is 0 Å². The number of nitrogens with zero attached hydrogens (tertiary/aromatic N) is 2. The van der Waals surface area contributed by atoms with E-state index in [-0.39, 0.29) is 5.75 Å². The van der Waals surface area contributed by atoms with Crippen LogP contribution in [-0.4, -0.2) is 30.5 Å². The minimum atomic E-state index is -4.76. The van der Waals surface area contributed by atoms with Crippen LogP contribution in [0.2, 0.25) is 0 Å². The number of aromatic nitrogens is 2. The van der Waals surface area contributed by atoms with Crippen LogP contribution in [0.4, 0.5) is 13.2 Å². The minimum absolute atomic E-state index is 0.298. The molecule has 2 aromatic carbocycles. The monoisotopic (exact) mass is 432 g/mol. The van der Waals surface area contributed by atoms with Crippen LogP contribution in [0.1, 0.15) is 25.2 Å². The summed E-state index contributed by atoms with van der Waals surface area (Å²) in [5.74, 6) is 0.951. The molecule has 0 atom stereocenters. The van der Waals surface area contributed by atoms with Gasteiger partial charge in [-0.25, -0.2) is 9.97 Å². The molecular formula is C23H23F3N2O3. The molecule has 1 heterocycles. The molecule has 1 aromatic heterocycles.